The fraction of sp³-hybridized carbons (Fsp3) is 0.833. The first-order valence-electron chi connectivity index (χ1n) is 6.33. The second-order valence-electron chi connectivity index (χ2n) is 4.90. The lowest BCUT2D eigenvalue weighted by molar-refractivity contribution is -0.141. The van der Waals surface area contributed by atoms with Gasteiger partial charge in [0.2, 0.25) is 0 Å². The molecule has 0 bridgehead atoms. The van der Waals surface area contributed by atoms with Crippen molar-refractivity contribution >= 4 is 12.0 Å². The van der Waals surface area contributed by atoms with Crippen LogP contribution in [0.2, 0.25) is 0 Å². The highest BCUT2D eigenvalue weighted by molar-refractivity contribution is 5.83. The fourth-order valence-corrected chi connectivity index (χ4v) is 1.89. The third-order valence-electron chi connectivity index (χ3n) is 2.79. The van der Waals surface area contributed by atoms with Gasteiger partial charge < -0.3 is 25.3 Å². The van der Waals surface area contributed by atoms with Gasteiger partial charge in [0.1, 0.15) is 0 Å². The SMILES string of the molecule is CCN(C(=O)NC(C(=O)O)C(C)O)C(C)CN(C)C. The van der Waals surface area contributed by atoms with Crippen LogP contribution in [-0.4, -0.2) is 77.4 Å². The molecule has 19 heavy (non-hydrogen) atoms. The third-order valence-corrected chi connectivity index (χ3v) is 2.79. The van der Waals surface area contributed by atoms with Gasteiger partial charge in [0.25, 0.3) is 0 Å². The first-order chi connectivity index (χ1) is 8.70. The Morgan fingerprint density at radius 3 is 2.11 bits per heavy atom. The zero-order valence-corrected chi connectivity index (χ0v) is 12.3. The summed E-state index contributed by atoms with van der Waals surface area (Å²) in [4.78, 5) is 26.5. The molecule has 0 fully saturated rings. The number of hydrogen-bond donors (Lipinski definition) is 3. The average Bonchev–Trinajstić information content (AvgIpc) is 2.24. The summed E-state index contributed by atoms with van der Waals surface area (Å²) in [6.45, 7) is 6.18. The van der Waals surface area contributed by atoms with Gasteiger partial charge in [-0.1, -0.05) is 0 Å². The highest BCUT2D eigenvalue weighted by Gasteiger charge is 2.28. The van der Waals surface area contributed by atoms with Gasteiger partial charge in [-0.2, -0.15) is 0 Å². The number of urea groups is 1. The van der Waals surface area contributed by atoms with Crippen molar-refractivity contribution in [1.29, 1.82) is 0 Å². The Hall–Kier alpha value is -1.34. The van der Waals surface area contributed by atoms with Crippen LogP contribution in [0, 0.1) is 0 Å². The number of carboxylic acids is 1. The van der Waals surface area contributed by atoms with Gasteiger partial charge in [-0.15, -0.1) is 0 Å². The van der Waals surface area contributed by atoms with Crippen LogP contribution in [0.3, 0.4) is 0 Å². The summed E-state index contributed by atoms with van der Waals surface area (Å²) in [7, 11) is 3.80. The minimum atomic E-state index is -1.30. The molecule has 0 aliphatic rings. The molecule has 0 aromatic heterocycles. The Bertz CT molecular complexity index is 307. The lowest BCUT2D eigenvalue weighted by Crippen LogP contribution is -2.55. The van der Waals surface area contributed by atoms with Crippen LogP contribution >= 0.6 is 0 Å². The maximum absolute atomic E-state index is 12.0. The lowest BCUT2D eigenvalue weighted by Gasteiger charge is -2.31. The summed E-state index contributed by atoms with van der Waals surface area (Å²) in [6.07, 6.45) is -1.15. The van der Waals surface area contributed by atoms with E-state index in [4.69, 9.17) is 5.11 Å². The zero-order chi connectivity index (χ0) is 15.2. The first-order valence-corrected chi connectivity index (χ1v) is 6.33. The number of carbonyl (C=O) groups is 2. The van der Waals surface area contributed by atoms with Crippen LogP contribution in [0.4, 0.5) is 4.79 Å². The van der Waals surface area contributed by atoms with Crippen molar-refractivity contribution in [2.24, 2.45) is 0 Å². The van der Waals surface area contributed by atoms with E-state index in [0.29, 0.717) is 13.1 Å². The van der Waals surface area contributed by atoms with E-state index in [2.05, 4.69) is 5.32 Å². The number of rotatable bonds is 7. The van der Waals surface area contributed by atoms with E-state index in [0.717, 1.165) is 0 Å². The largest absolute Gasteiger partial charge is 0.480 e. The van der Waals surface area contributed by atoms with Gasteiger partial charge in [-0.25, -0.2) is 9.59 Å². The molecule has 0 saturated carbocycles. The summed E-state index contributed by atoms with van der Waals surface area (Å²) in [5.41, 5.74) is 0. The molecule has 0 aliphatic heterocycles. The molecule has 3 atom stereocenters. The molecule has 0 aromatic rings. The van der Waals surface area contributed by atoms with Crippen molar-refractivity contribution in [2.45, 2.75) is 39.0 Å². The summed E-state index contributed by atoms with van der Waals surface area (Å²) >= 11 is 0. The van der Waals surface area contributed by atoms with Crippen molar-refractivity contribution in [3.8, 4) is 0 Å². The average molecular weight is 275 g/mol. The topological polar surface area (TPSA) is 93.1 Å². The van der Waals surface area contributed by atoms with Crippen LogP contribution in [0.1, 0.15) is 20.8 Å². The van der Waals surface area contributed by atoms with Gasteiger partial charge in [-0.05, 0) is 34.9 Å². The van der Waals surface area contributed by atoms with E-state index in [1.165, 1.54) is 6.92 Å². The van der Waals surface area contributed by atoms with E-state index < -0.39 is 24.1 Å². The fourth-order valence-electron chi connectivity index (χ4n) is 1.89. The van der Waals surface area contributed by atoms with Crippen molar-refractivity contribution in [3.63, 3.8) is 0 Å². The molecule has 3 N–H and O–H groups in total. The molecular weight excluding hydrogens is 250 g/mol. The zero-order valence-electron chi connectivity index (χ0n) is 12.3. The molecule has 0 saturated heterocycles. The smallest absolute Gasteiger partial charge is 0.328 e. The summed E-state index contributed by atoms with van der Waals surface area (Å²) in [6, 6.07) is -1.83. The van der Waals surface area contributed by atoms with Crippen LogP contribution in [0.15, 0.2) is 0 Å². The van der Waals surface area contributed by atoms with Crippen molar-refractivity contribution in [2.75, 3.05) is 27.2 Å². The predicted molar refractivity (Wildman–Crippen MR) is 72.0 cm³/mol. The van der Waals surface area contributed by atoms with Crippen molar-refractivity contribution in [1.82, 2.24) is 15.1 Å². The first kappa shape index (κ1) is 17.7. The molecule has 0 aliphatic carbocycles. The van der Waals surface area contributed by atoms with Crippen LogP contribution in [-0.2, 0) is 4.79 Å². The molecule has 0 spiro atoms. The number of amides is 2. The minimum Gasteiger partial charge on any atom is -0.480 e. The molecule has 0 aromatic carbocycles. The molecule has 2 amide bonds. The quantitative estimate of drug-likeness (QED) is 0.598. The van der Waals surface area contributed by atoms with Crippen LogP contribution < -0.4 is 5.32 Å². The Kier molecular flexibility index (Phi) is 7.40. The predicted octanol–water partition coefficient (Wildman–Crippen LogP) is -0.198. The molecule has 3 unspecified atom stereocenters. The summed E-state index contributed by atoms with van der Waals surface area (Å²) in [5, 5.41) is 20.6. The molecule has 112 valence electrons. The molecule has 0 radical (unpaired) electrons. The van der Waals surface area contributed by atoms with Gasteiger partial charge in [-0.3, -0.25) is 0 Å². The lowest BCUT2D eigenvalue weighted by atomic mass is 10.2. The van der Waals surface area contributed by atoms with Crippen LogP contribution in [0.5, 0.6) is 0 Å². The van der Waals surface area contributed by atoms with Gasteiger partial charge in [0.05, 0.1) is 6.10 Å². The van der Waals surface area contributed by atoms with Crippen molar-refractivity contribution in [3.05, 3.63) is 0 Å². The highest BCUT2D eigenvalue weighted by atomic mass is 16.4. The van der Waals surface area contributed by atoms with E-state index in [9.17, 15) is 14.7 Å². The Morgan fingerprint density at radius 1 is 1.26 bits per heavy atom. The number of hydrogen-bond acceptors (Lipinski definition) is 4. The molecular formula is C12H25N3O4. The maximum atomic E-state index is 12.0. The van der Waals surface area contributed by atoms with E-state index in [1.54, 1.807) is 4.90 Å². The summed E-state index contributed by atoms with van der Waals surface area (Å²) < 4.78 is 0. The number of carboxylic acid groups (broad SMARTS) is 1. The minimum absolute atomic E-state index is 0.0524. The van der Waals surface area contributed by atoms with Gasteiger partial charge in [0.15, 0.2) is 6.04 Å². The Balaban J connectivity index is 4.71. The number of likely N-dealkylation sites (N-methyl/N-ethyl adjacent to an activating group) is 2. The third kappa shape index (κ3) is 5.89. The number of aliphatic carboxylic acids is 1. The number of nitrogens with zero attached hydrogens (tertiary/aromatic N) is 2. The molecule has 0 rings (SSSR count). The standard InChI is InChI=1S/C12H25N3O4/c1-6-15(8(2)7-14(4)5)12(19)13-10(9(3)16)11(17)18/h8-10,16H,6-7H2,1-5H3,(H,13,19)(H,17,18). The number of aliphatic hydroxyl groups is 1. The van der Waals surface area contributed by atoms with Crippen LogP contribution in [0.25, 0.3) is 0 Å². The molecule has 7 nitrogen and oxygen atoms in total. The van der Waals surface area contributed by atoms with E-state index in [-0.39, 0.29) is 6.04 Å². The Labute approximate surface area is 114 Å². The summed E-state index contributed by atoms with van der Waals surface area (Å²) in [5.74, 6) is -1.25. The van der Waals surface area contributed by atoms with E-state index >= 15 is 0 Å². The molecule has 7 heteroatoms. The number of carbonyl (C=O) groups excluding carboxylic acids is 1. The van der Waals surface area contributed by atoms with Crippen molar-refractivity contribution < 1.29 is 19.8 Å². The normalized spacial score (nSPS) is 15.7. The second-order valence-corrected chi connectivity index (χ2v) is 4.90. The number of aliphatic hydroxyl groups excluding tert-OH is 1. The Morgan fingerprint density at radius 2 is 1.79 bits per heavy atom. The second kappa shape index (κ2) is 7.96. The monoisotopic (exact) mass is 275 g/mol. The molecule has 0 heterocycles. The highest BCUT2D eigenvalue weighted by Crippen LogP contribution is 2.03. The maximum Gasteiger partial charge on any atom is 0.328 e. The van der Waals surface area contributed by atoms with Gasteiger partial charge >= 0.3 is 12.0 Å². The number of nitrogens with one attached hydrogen (secondary N) is 1. The van der Waals surface area contributed by atoms with E-state index in [1.807, 2.05) is 32.8 Å². The van der Waals surface area contributed by atoms with Gasteiger partial charge in [0, 0.05) is 19.1 Å².